The maximum atomic E-state index is 9.20. The molecule has 2 heterocycles. The van der Waals surface area contributed by atoms with Gasteiger partial charge in [-0.05, 0) is 12.9 Å². The maximum Gasteiger partial charge on any atom is 0.431 e. The van der Waals surface area contributed by atoms with E-state index < -0.39 is 7.05 Å². The largest absolute Gasteiger partial charge is 0.431 e. The van der Waals surface area contributed by atoms with Crippen LogP contribution >= 0.6 is 0 Å². The summed E-state index contributed by atoms with van der Waals surface area (Å²) < 4.78 is 1.47. The van der Waals surface area contributed by atoms with Crippen LogP contribution in [0.4, 0.5) is 0 Å². The lowest BCUT2D eigenvalue weighted by Gasteiger charge is -1.97. The van der Waals surface area contributed by atoms with Gasteiger partial charge in [-0.1, -0.05) is 0 Å². The van der Waals surface area contributed by atoms with Gasteiger partial charge in [-0.3, -0.25) is 4.59 Å². The number of rotatable bonds is 2. The summed E-state index contributed by atoms with van der Waals surface area (Å²) in [5.41, 5.74) is 0.728. The van der Waals surface area contributed by atoms with Gasteiger partial charge in [-0.15, -0.1) is 0 Å². The second-order valence-corrected chi connectivity index (χ2v) is 2.75. The molecular formula is C7H9BN4O. The van der Waals surface area contributed by atoms with Gasteiger partial charge in [0, 0.05) is 18.6 Å². The molecule has 2 N–H and O–H groups in total. The Balaban J connectivity index is 2.33. The number of imidazole rings is 1. The predicted octanol–water partition coefficient (Wildman–Crippen LogP) is 0.232. The van der Waals surface area contributed by atoms with Crippen molar-refractivity contribution in [2.45, 2.75) is 6.82 Å². The average Bonchev–Trinajstić information content (AvgIpc) is 2.75. The molecule has 0 aliphatic heterocycles. The summed E-state index contributed by atoms with van der Waals surface area (Å²) in [7, 11) is -0.608. The number of nitrogens with zero attached hydrogens (tertiary/aromatic N) is 3. The van der Waals surface area contributed by atoms with Crippen LogP contribution in [0.1, 0.15) is 0 Å². The van der Waals surface area contributed by atoms with Crippen molar-refractivity contribution in [3.8, 4) is 11.5 Å². The van der Waals surface area contributed by atoms with Crippen molar-refractivity contribution in [1.29, 1.82) is 0 Å². The van der Waals surface area contributed by atoms with E-state index in [-0.39, 0.29) is 0 Å². The van der Waals surface area contributed by atoms with Gasteiger partial charge in [0.15, 0.2) is 5.82 Å². The first kappa shape index (κ1) is 8.06. The Hall–Kier alpha value is -1.56. The van der Waals surface area contributed by atoms with Crippen LogP contribution in [0.25, 0.3) is 11.5 Å². The van der Waals surface area contributed by atoms with Crippen LogP contribution in [0.15, 0.2) is 24.7 Å². The van der Waals surface area contributed by atoms with E-state index in [0.29, 0.717) is 5.82 Å². The first-order valence-corrected chi connectivity index (χ1v) is 4.00. The van der Waals surface area contributed by atoms with E-state index in [2.05, 4.69) is 15.1 Å². The third-order valence-corrected chi connectivity index (χ3v) is 1.73. The lowest BCUT2D eigenvalue weighted by Crippen LogP contribution is -2.19. The second kappa shape index (κ2) is 3.06. The highest BCUT2D eigenvalue weighted by Crippen LogP contribution is 2.09. The molecule has 2 aromatic heterocycles. The Kier molecular flexibility index (Phi) is 1.90. The van der Waals surface area contributed by atoms with Crippen LogP contribution in [-0.4, -0.2) is 31.7 Å². The number of hydrogen-bond acceptors (Lipinski definition) is 3. The highest BCUT2D eigenvalue weighted by Gasteiger charge is 2.09. The molecule has 0 amide bonds. The average molecular weight is 176 g/mol. The third-order valence-electron chi connectivity index (χ3n) is 1.73. The van der Waals surface area contributed by atoms with E-state index >= 15 is 0 Å². The molecule has 0 atom stereocenters. The predicted molar refractivity (Wildman–Crippen MR) is 49.0 cm³/mol. The highest BCUT2D eigenvalue weighted by molar-refractivity contribution is 6.46. The molecule has 0 spiro atoms. The zero-order valence-corrected chi connectivity index (χ0v) is 7.18. The molecular weight excluding hydrogens is 167 g/mol. The van der Waals surface area contributed by atoms with E-state index in [0.717, 1.165) is 5.69 Å². The molecule has 0 radical (unpaired) electrons. The van der Waals surface area contributed by atoms with Crippen LogP contribution in [0, 0.1) is 0 Å². The van der Waals surface area contributed by atoms with Crippen molar-refractivity contribution in [2.24, 2.45) is 0 Å². The molecule has 0 aliphatic carbocycles. The SMILES string of the molecule is CB(O)n1ccc(-c2ncc[nH]2)n1. The van der Waals surface area contributed by atoms with Crippen LogP contribution in [0.2, 0.25) is 6.82 Å². The normalized spacial score (nSPS) is 10.3. The molecule has 0 fully saturated rings. The molecule has 2 aromatic rings. The monoisotopic (exact) mass is 176 g/mol. The van der Waals surface area contributed by atoms with E-state index in [1.165, 1.54) is 4.59 Å². The van der Waals surface area contributed by atoms with Crippen molar-refractivity contribution in [2.75, 3.05) is 0 Å². The number of H-pyrrole nitrogens is 1. The van der Waals surface area contributed by atoms with Crippen molar-refractivity contribution < 1.29 is 5.02 Å². The summed E-state index contributed by atoms with van der Waals surface area (Å²) in [6.07, 6.45) is 5.11. The fraction of sp³-hybridized carbons (Fsp3) is 0.143. The molecule has 0 aliphatic rings. The van der Waals surface area contributed by atoms with Gasteiger partial charge in [0.1, 0.15) is 5.69 Å². The molecule has 0 saturated carbocycles. The minimum atomic E-state index is -0.608. The quantitative estimate of drug-likeness (QED) is 0.643. The number of nitrogens with one attached hydrogen (secondary N) is 1. The van der Waals surface area contributed by atoms with E-state index in [1.807, 2.05) is 0 Å². The van der Waals surface area contributed by atoms with Crippen molar-refractivity contribution in [1.82, 2.24) is 19.7 Å². The zero-order valence-electron chi connectivity index (χ0n) is 7.18. The summed E-state index contributed by atoms with van der Waals surface area (Å²) in [4.78, 5) is 6.98. The topological polar surface area (TPSA) is 66.7 Å². The summed E-state index contributed by atoms with van der Waals surface area (Å²) in [6, 6.07) is 1.80. The highest BCUT2D eigenvalue weighted by atomic mass is 16.2. The Morgan fingerprint density at radius 3 is 3.00 bits per heavy atom. The molecule has 13 heavy (non-hydrogen) atoms. The smallest absolute Gasteiger partial charge is 0.431 e. The lowest BCUT2D eigenvalue weighted by molar-refractivity contribution is 0.552. The van der Waals surface area contributed by atoms with E-state index in [4.69, 9.17) is 0 Å². The van der Waals surface area contributed by atoms with Gasteiger partial charge in [0.05, 0.1) is 0 Å². The van der Waals surface area contributed by atoms with Crippen LogP contribution in [0.3, 0.4) is 0 Å². The summed E-state index contributed by atoms with van der Waals surface area (Å²) in [6.45, 7) is 1.65. The van der Waals surface area contributed by atoms with Crippen LogP contribution < -0.4 is 0 Å². The van der Waals surface area contributed by atoms with Gasteiger partial charge in [-0.2, -0.15) is 5.10 Å². The third kappa shape index (κ3) is 1.48. The molecule has 66 valence electrons. The first-order valence-electron chi connectivity index (χ1n) is 4.00. The van der Waals surface area contributed by atoms with Gasteiger partial charge in [0.2, 0.25) is 0 Å². The molecule has 0 aromatic carbocycles. The second-order valence-electron chi connectivity index (χ2n) is 2.75. The van der Waals surface area contributed by atoms with Gasteiger partial charge in [-0.25, -0.2) is 4.98 Å². The Morgan fingerprint density at radius 1 is 1.62 bits per heavy atom. The molecule has 0 bridgehead atoms. The zero-order chi connectivity index (χ0) is 9.26. The summed E-state index contributed by atoms with van der Waals surface area (Å²) >= 11 is 0. The minimum absolute atomic E-state index is 0.608. The van der Waals surface area contributed by atoms with Gasteiger partial charge >= 0.3 is 7.05 Å². The van der Waals surface area contributed by atoms with E-state index in [1.54, 1.807) is 31.5 Å². The molecule has 5 nitrogen and oxygen atoms in total. The van der Waals surface area contributed by atoms with Crippen LogP contribution in [-0.2, 0) is 0 Å². The van der Waals surface area contributed by atoms with Gasteiger partial charge < -0.3 is 10.0 Å². The summed E-state index contributed by atoms with van der Waals surface area (Å²) in [5, 5.41) is 13.3. The van der Waals surface area contributed by atoms with Gasteiger partial charge in [0.25, 0.3) is 0 Å². The minimum Gasteiger partial charge on any atom is -0.431 e. The number of aromatic nitrogens is 4. The van der Waals surface area contributed by atoms with Crippen molar-refractivity contribution in [3.63, 3.8) is 0 Å². The Morgan fingerprint density at radius 2 is 2.46 bits per heavy atom. The molecule has 0 unspecified atom stereocenters. The number of hydrogen-bond donors (Lipinski definition) is 2. The lowest BCUT2D eigenvalue weighted by atomic mass is 9.90. The molecule has 0 saturated heterocycles. The molecule has 2 rings (SSSR count). The fourth-order valence-electron chi connectivity index (χ4n) is 1.08. The number of aromatic amines is 1. The maximum absolute atomic E-state index is 9.20. The Bertz CT molecular complexity index is 381. The van der Waals surface area contributed by atoms with Crippen molar-refractivity contribution in [3.05, 3.63) is 24.7 Å². The van der Waals surface area contributed by atoms with E-state index in [9.17, 15) is 5.02 Å². The molecule has 6 heteroatoms. The van der Waals surface area contributed by atoms with Crippen molar-refractivity contribution >= 4 is 7.05 Å². The first-order chi connectivity index (χ1) is 6.27. The summed E-state index contributed by atoms with van der Waals surface area (Å²) in [5.74, 6) is 0.708. The van der Waals surface area contributed by atoms with Crippen LogP contribution in [0.5, 0.6) is 0 Å². The Labute approximate surface area is 75.6 Å². The fourth-order valence-corrected chi connectivity index (χ4v) is 1.08. The standard InChI is InChI=1S/C7H9BN4O/c1-8(13)12-5-2-6(11-12)7-9-3-4-10-7/h2-5,13H,1H3,(H,9,10).